The van der Waals surface area contributed by atoms with E-state index < -0.39 is 0 Å². The molecule has 1 heterocycles. The van der Waals surface area contributed by atoms with Crippen LogP contribution in [0.4, 0.5) is 5.13 Å². The summed E-state index contributed by atoms with van der Waals surface area (Å²) >= 11 is 4.91. The van der Waals surface area contributed by atoms with Gasteiger partial charge in [-0.1, -0.05) is 17.4 Å². The zero-order valence-corrected chi connectivity index (χ0v) is 17.8. The van der Waals surface area contributed by atoms with Gasteiger partial charge in [0.05, 0.1) is 28.9 Å². The van der Waals surface area contributed by atoms with Crippen LogP contribution >= 0.6 is 27.3 Å². The minimum atomic E-state index is -0.241. The van der Waals surface area contributed by atoms with Crippen LogP contribution in [0.5, 0.6) is 11.5 Å². The van der Waals surface area contributed by atoms with Crippen LogP contribution in [0.25, 0.3) is 16.3 Å². The second kappa shape index (κ2) is 8.10. The van der Waals surface area contributed by atoms with E-state index in [4.69, 9.17) is 9.47 Å². The predicted octanol–water partition coefficient (Wildman–Crippen LogP) is 5.34. The van der Waals surface area contributed by atoms with Gasteiger partial charge in [0.15, 0.2) is 16.6 Å². The Kier molecular flexibility index (Phi) is 5.82. The number of fused-ring (bicyclic) bond motifs is 1. The van der Waals surface area contributed by atoms with Gasteiger partial charge in [-0.3, -0.25) is 10.1 Å². The summed E-state index contributed by atoms with van der Waals surface area (Å²) in [7, 11) is 3.15. The average molecular weight is 447 g/mol. The van der Waals surface area contributed by atoms with Crippen LogP contribution in [0.2, 0.25) is 0 Å². The van der Waals surface area contributed by atoms with Crippen molar-refractivity contribution in [2.45, 2.75) is 13.8 Å². The van der Waals surface area contributed by atoms with Crippen LogP contribution in [0, 0.1) is 13.8 Å². The number of ether oxygens (including phenoxy) is 2. The fourth-order valence-corrected chi connectivity index (χ4v) is 4.44. The Morgan fingerprint density at radius 2 is 1.96 bits per heavy atom. The Balaban J connectivity index is 1.78. The highest BCUT2D eigenvalue weighted by molar-refractivity contribution is 9.10. The molecule has 3 aromatic rings. The normalized spacial score (nSPS) is 11.1. The lowest BCUT2D eigenvalue weighted by atomic mass is 10.1. The number of hydrogen-bond donors (Lipinski definition) is 1. The molecule has 2 aromatic carbocycles. The molecule has 0 atom stereocenters. The van der Waals surface area contributed by atoms with Crippen LogP contribution < -0.4 is 14.8 Å². The van der Waals surface area contributed by atoms with Crippen molar-refractivity contribution >= 4 is 54.6 Å². The first-order valence-corrected chi connectivity index (χ1v) is 9.80. The van der Waals surface area contributed by atoms with Crippen molar-refractivity contribution in [1.29, 1.82) is 0 Å². The van der Waals surface area contributed by atoms with Crippen molar-refractivity contribution in [2.75, 3.05) is 19.5 Å². The molecule has 7 heteroatoms. The lowest BCUT2D eigenvalue weighted by Crippen LogP contribution is -2.07. The number of anilines is 1. The van der Waals surface area contributed by atoms with Gasteiger partial charge in [0.25, 0.3) is 0 Å². The lowest BCUT2D eigenvalue weighted by molar-refractivity contribution is -0.111. The molecule has 0 aliphatic carbocycles. The molecular weight excluding hydrogens is 428 g/mol. The molecule has 5 nitrogen and oxygen atoms in total. The van der Waals surface area contributed by atoms with Gasteiger partial charge in [0.2, 0.25) is 5.91 Å². The Hall–Kier alpha value is -2.38. The number of carbonyl (C=O) groups excluding carboxylic acids is 1. The number of methoxy groups -OCH3 is 2. The first kappa shape index (κ1) is 19.4. The molecule has 0 fully saturated rings. The monoisotopic (exact) mass is 446 g/mol. The molecule has 0 bridgehead atoms. The van der Waals surface area contributed by atoms with Gasteiger partial charge in [-0.2, -0.15) is 0 Å². The third-order valence-electron chi connectivity index (χ3n) is 3.94. The zero-order chi connectivity index (χ0) is 19.6. The number of nitrogens with one attached hydrogen (secondary N) is 1. The highest BCUT2D eigenvalue weighted by Crippen LogP contribution is 2.36. The quantitative estimate of drug-likeness (QED) is 0.536. The first-order valence-electron chi connectivity index (χ1n) is 8.19. The third-order valence-corrected chi connectivity index (χ3v) is 5.45. The van der Waals surface area contributed by atoms with Crippen LogP contribution in [0.1, 0.15) is 16.7 Å². The molecule has 3 rings (SSSR count). The molecule has 1 N–H and O–H groups in total. The molecule has 0 spiro atoms. The van der Waals surface area contributed by atoms with Crippen molar-refractivity contribution in [3.63, 3.8) is 0 Å². The van der Waals surface area contributed by atoms with Gasteiger partial charge in [-0.05, 0) is 70.7 Å². The van der Waals surface area contributed by atoms with Gasteiger partial charge < -0.3 is 9.47 Å². The molecular formula is C20H19BrN2O3S. The first-order chi connectivity index (χ1) is 12.9. The average Bonchev–Trinajstić information content (AvgIpc) is 3.01. The highest BCUT2D eigenvalue weighted by Gasteiger charge is 2.11. The predicted molar refractivity (Wildman–Crippen MR) is 114 cm³/mol. The van der Waals surface area contributed by atoms with Gasteiger partial charge in [-0.15, -0.1) is 0 Å². The standard InChI is InChI=1S/C20H19BrN2O3S/c1-11-7-12(2)18-16(8-11)27-20(23-18)22-17(24)6-5-13-9-14(21)19(26-4)15(10-13)25-3/h5-10H,1-4H3,(H,22,23,24)/b6-5+. The smallest absolute Gasteiger partial charge is 0.250 e. The van der Waals surface area contributed by atoms with Crippen molar-refractivity contribution in [2.24, 2.45) is 0 Å². The number of rotatable bonds is 5. The lowest BCUT2D eigenvalue weighted by Gasteiger charge is -2.10. The van der Waals surface area contributed by atoms with Crippen LogP contribution in [-0.2, 0) is 4.79 Å². The number of carbonyl (C=O) groups is 1. The number of aryl methyl sites for hydroxylation is 2. The number of amides is 1. The van der Waals surface area contributed by atoms with Gasteiger partial charge in [0, 0.05) is 6.08 Å². The number of thiazole rings is 1. The molecule has 0 unspecified atom stereocenters. The highest BCUT2D eigenvalue weighted by atomic mass is 79.9. The second-order valence-electron chi connectivity index (χ2n) is 6.01. The van der Waals surface area contributed by atoms with E-state index in [2.05, 4.69) is 45.3 Å². The second-order valence-corrected chi connectivity index (χ2v) is 7.89. The van der Waals surface area contributed by atoms with Crippen LogP contribution in [0.3, 0.4) is 0 Å². The molecule has 0 saturated heterocycles. The fourth-order valence-electron chi connectivity index (χ4n) is 2.78. The van der Waals surface area contributed by atoms with E-state index in [1.165, 1.54) is 23.0 Å². The van der Waals surface area contributed by atoms with E-state index in [-0.39, 0.29) is 5.91 Å². The summed E-state index contributed by atoms with van der Waals surface area (Å²) in [6, 6.07) is 7.82. The van der Waals surface area contributed by atoms with Crippen LogP contribution in [-0.4, -0.2) is 25.1 Å². The summed E-state index contributed by atoms with van der Waals surface area (Å²) < 4.78 is 12.4. The van der Waals surface area contributed by atoms with Gasteiger partial charge in [0.1, 0.15) is 0 Å². The Labute approximate surface area is 170 Å². The molecule has 0 saturated carbocycles. The molecule has 0 aliphatic heterocycles. The van der Waals surface area contributed by atoms with E-state index in [9.17, 15) is 4.79 Å². The SMILES string of the molecule is COc1cc(/C=C/C(=O)Nc2nc3c(C)cc(C)cc3s2)cc(Br)c1OC. The van der Waals surface area contributed by atoms with Crippen molar-refractivity contribution < 1.29 is 14.3 Å². The maximum Gasteiger partial charge on any atom is 0.250 e. The number of benzene rings is 2. The molecule has 1 amide bonds. The van der Waals surface area contributed by atoms with Gasteiger partial charge >= 0.3 is 0 Å². The molecule has 0 radical (unpaired) electrons. The van der Waals surface area contributed by atoms with E-state index in [0.29, 0.717) is 16.6 Å². The largest absolute Gasteiger partial charge is 0.493 e. The number of hydrogen-bond acceptors (Lipinski definition) is 5. The van der Waals surface area contributed by atoms with Crippen LogP contribution in [0.15, 0.2) is 34.8 Å². The number of nitrogens with zero attached hydrogens (tertiary/aromatic N) is 1. The molecule has 0 aliphatic rings. The summed E-state index contributed by atoms with van der Waals surface area (Å²) in [6.45, 7) is 4.07. The minimum absolute atomic E-state index is 0.241. The molecule has 140 valence electrons. The Morgan fingerprint density at radius 3 is 2.67 bits per heavy atom. The fraction of sp³-hybridized carbons (Fsp3) is 0.200. The summed E-state index contributed by atoms with van der Waals surface area (Å²) in [5, 5.41) is 3.41. The van der Waals surface area contributed by atoms with E-state index in [0.717, 1.165) is 25.8 Å². The zero-order valence-electron chi connectivity index (χ0n) is 15.4. The maximum absolute atomic E-state index is 12.3. The summed E-state index contributed by atoms with van der Waals surface area (Å²) in [5.74, 6) is 0.956. The summed E-state index contributed by atoms with van der Waals surface area (Å²) in [6.07, 6.45) is 3.18. The Morgan fingerprint density at radius 1 is 1.19 bits per heavy atom. The van der Waals surface area contributed by atoms with Crippen molar-refractivity contribution in [3.8, 4) is 11.5 Å². The summed E-state index contributed by atoms with van der Waals surface area (Å²) in [4.78, 5) is 16.8. The maximum atomic E-state index is 12.3. The van der Waals surface area contributed by atoms with Gasteiger partial charge in [-0.25, -0.2) is 4.98 Å². The van der Waals surface area contributed by atoms with E-state index >= 15 is 0 Å². The topological polar surface area (TPSA) is 60.5 Å². The molecule has 27 heavy (non-hydrogen) atoms. The third kappa shape index (κ3) is 4.31. The Bertz CT molecular complexity index is 1040. The molecule has 1 aromatic heterocycles. The summed E-state index contributed by atoms with van der Waals surface area (Å²) in [5.41, 5.74) is 4.02. The van der Waals surface area contributed by atoms with E-state index in [1.54, 1.807) is 26.4 Å². The number of aromatic nitrogens is 1. The van der Waals surface area contributed by atoms with Crippen molar-refractivity contribution in [3.05, 3.63) is 51.5 Å². The minimum Gasteiger partial charge on any atom is -0.493 e. The number of halogens is 1. The van der Waals surface area contributed by atoms with Crippen molar-refractivity contribution in [1.82, 2.24) is 4.98 Å². The van der Waals surface area contributed by atoms with E-state index in [1.807, 2.05) is 13.0 Å².